The summed E-state index contributed by atoms with van der Waals surface area (Å²) in [4.78, 5) is 22.2. The smallest absolute Gasteiger partial charge is 0.253 e. The fourth-order valence-electron chi connectivity index (χ4n) is 3.09. The molecule has 1 fully saturated rings. The van der Waals surface area contributed by atoms with Gasteiger partial charge in [-0.25, -0.2) is 4.98 Å². The second-order valence-electron chi connectivity index (χ2n) is 6.87. The normalized spacial score (nSPS) is 16.1. The lowest BCUT2D eigenvalue weighted by Gasteiger charge is -2.13. The van der Waals surface area contributed by atoms with Crippen molar-refractivity contribution in [1.29, 1.82) is 0 Å². The highest BCUT2D eigenvalue weighted by molar-refractivity contribution is 14.0. The molecule has 30 heavy (non-hydrogen) atoms. The van der Waals surface area contributed by atoms with E-state index in [2.05, 4.69) is 32.9 Å². The van der Waals surface area contributed by atoms with Gasteiger partial charge in [0, 0.05) is 49.9 Å². The molecule has 1 amide bonds. The van der Waals surface area contributed by atoms with E-state index in [0.29, 0.717) is 13.2 Å². The number of thiazole rings is 1. The van der Waals surface area contributed by atoms with Crippen LogP contribution in [0.3, 0.4) is 0 Å². The fourth-order valence-corrected chi connectivity index (χ4v) is 3.95. The molecule has 1 aromatic heterocycles. The molecule has 0 bridgehead atoms. The zero-order valence-electron chi connectivity index (χ0n) is 17.4. The van der Waals surface area contributed by atoms with Gasteiger partial charge in [-0.05, 0) is 37.0 Å². The van der Waals surface area contributed by atoms with Gasteiger partial charge in [0.05, 0.1) is 5.01 Å². The summed E-state index contributed by atoms with van der Waals surface area (Å²) in [5.41, 5.74) is 1.84. The number of rotatable bonds is 8. The number of aryl methyl sites for hydroxylation is 1. The second kappa shape index (κ2) is 12.9. The van der Waals surface area contributed by atoms with Crippen LogP contribution in [0.4, 0.5) is 5.69 Å². The van der Waals surface area contributed by atoms with E-state index in [1.165, 1.54) is 4.88 Å². The largest absolute Gasteiger partial charge is 0.368 e. The van der Waals surface area contributed by atoms with Gasteiger partial charge in [0.1, 0.15) is 6.10 Å². The van der Waals surface area contributed by atoms with Crippen molar-refractivity contribution < 1.29 is 9.53 Å². The maximum Gasteiger partial charge on any atom is 0.253 e. The van der Waals surface area contributed by atoms with E-state index in [1.807, 2.05) is 30.5 Å². The number of aromatic nitrogens is 1. The number of benzene rings is 1. The van der Waals surface area contributed by atoms with E-state index in [0.717, 1.165) is 54.4 Å². The molecule has 1 saturated heterocycles. The average molecular weight is 543 g/mol. The Bertz CT molecular complexity index is 836. The van der Waals surface area contributed by atoms with Gasteiger partial charge in [0.25, 0.3) is 5.91 Å². The van der Waals surface area contributed by atoms with E-state index >= 15 is 0 Å². The van der Waals surface area contributed by atoms with Crippen LogP contribution in [-0.4, -0.2) is 43.2 Å². The Balaban J connectivity index is 0.00000320. The van der Waals surface area contributed by atoms with Gasteiger partial charge in [0.15, 0.2) is 5.96 Å². The van der Waals surface area contributed by atoms with Crippen LogP contribution in [0.5, 0.6) is 0 Å². The molecule has 3 rings (SSSR count). The average Bonchev–Trinajstić information content (AvgIpc) is 3.43. The monoisotopic (exact) mass is 543 g/mol. The Morgan fingerprint density at radius 1 is 1.37 bits per heavy atom. The zero-order valence-corrected chi connectivity index (χ0v) is 20.6. The summed E-state index contributed by atoms with van der Waals surface area (Å²) in [6, 6.07) is 7.81. The van der Waals surface area contributed by atoms with Crippen molar-refractivity contribution in [2.24, 2.45) is 4.99 Å². The maximum absolute atomic E-state index is 12.2. The summed E-state index contributed by atoms with van der Waals surface area (Å²) in [6.45, 7) is 4.19. The lowest BCUT2D eigenvalue weighted by molar-refractivity contribution is -0.124. The van der Waals surface area contributed by atoms with Crippen molar-refractivity contribution in [3.8, 4) is 0 Å². The summed E-state index contributed by atoms with van der Waals surface area (Å²) in [6.07, 6.45) is 5.26. The molecule has 0 radical (unpaired) electrons. The van der Waals surface area contributed by atoms with Crippen LogP contribution in [0.1, 0.15) is 35.2 Å². The van der Waals surface area contributed by atoms with Gasteiger partial charge in [-0.3, -0.25) is 9.79 Å². The topological polar surface area (TPSA) is 87.6 Å². The molecule has 0 saturated carbocycles. The summed E-state index contributed by atoms with van der Waals surface area (Å²) < 4.78 is 5.44. The number of anilines is 1. The molecule has 0 spiro atoms. The summed E-state index contributed by atoms with van der Waals surface area (Å²) in [7, 11) is 1.76. The van der Waals surface area contributed by atoms with E-state index in [9.17, 15) is 4.79 Å². The van der Waals surface area contributed by atoms with Gasteiger partial charge in [-0.1, -0.05) is 19.1 Å². The quantitative estimate of drug-likeness (QED) is 0.270. The highest BCUT2D eigenvalue weighted by Gasteiger charge is 2.23. The zero-order chi connectivity index (χ0) is 20.5. The third-order valence-corrected chi connectivity index (χ3v) is 5.88. The first-order valence-electron chi connectivity index (χ1n) is 10.1. The number of ether oxygens (including phenoxy) is 1. The second-order valence-corrected chi connectivity index (χ2v) is 8.07. The van der Waals surface area contributed by atoms with E-state index < -0.39 is 0 Å². The van der Waals surface area contributed by atoms with Crippen molar-refractivity contribution in [3.05, 3.63) is 45.9 Å². The molecule has 1 aliphatic rings. The highest BCUT2D eigenvalue weighted by atomic mass is 127. The number of amides is 1. The van der Waals surface area contributed by atoms with Crippen molar-refractivity contribution in [2.75, 3.05) is 25.5 Å². The molecule has 2 aromatic rings. The minimum atomic E-state index is -0.328. The third kappa shape index (κ3) is 7.51. The van der Waals surface area contributed by atoms with Gasteiger partial charge in [-0.2, -0.15) is 0 Å². The van der Waals surface area contributed by atoms with Crippen LogP contribution in [-0.2, 0) is 28.9 Å². The summed E-state index contributed by atoms with van der Waals surface area (Å²) in [5.74, 6) is 0.671. The number of aliphatic imine (C=N–C) groups is 1. The lowest BCUT2D eigenvalue weighted by Crippen LogP contribution is -2.37. The number of hydrogen-bond acceptors (Lipinski definition) is 5. The van der Waals surface area contributed by atoms with Crippen molar-refractivity contribution in [2.45, 2.75) is 45.3 Å². The van der Waals surface area contributed by atoms with Crippen LogP contribution >= 0.6 is 35.3 Å². The molecule has 9 heteroatoms. The minimum Gasteiger partial charge on any atom is -0.368 e. The number of carbonyl (C=O) groups is 1. The Labute approximate surface area is 199 Å². The Kier molecular flexibility index (Phi) is 10.5. The first-order chi connectivity index (χ1) is 14.2. The van der Waals surface area contributed by atoms with Gasteiger partial charge >= 0.3 is 0 Å². The Morgan fingerprint density at radius 2 is 2.23 bits per heavy atom. The predicted octanol–water partition coefficient (Wildman–Crippen LogP) is 3.35. The Morgan fingerprint density at radius 3 is 2.93 bits per heavy atom. The third-order valence-electron chi connectivity index (χ3n) is 4.68. The van der Waals surface area contributed by atoms with Crippen LogP contribution in [0.2, 0.25) is 0 Å². The standard InChI is InChI=1S/C21H29N5O2S.HI/c1-3-17-14-24-19(29-17)9-10-23-21(22-2)25-13-15-6-4-7-16(12-15)26-20(27)18-8-5-11-28-18;/h4,6-7,12,14,18H,3,5,8-11,13H2,1-2H3,(H,26,27)(H2,22,23,25);1H. The number of nitrogens with one attached hydrogen (secondary N) is 3. The van der Waals surface area contributed by atoms with Crippen molar-refractivity contribution in [3.63, 3.8) is 0 Å². The predicted molar refractivity (Wildman–Crippen MR) is 133 cm³/mol. The van der Waals surface area contributed by atoms with Crippen LogP contribution in [0.25, 0.3) is 0 Å². The van der Waals surface area contributed by atoms with Crippen molar-refractivity contribution >= 4 is 52.9 Å². The number of hydrogen-bond donors (Lipinski definition) is 3. The minimum absolute atomic E-state index is 0. The van der Waals surface area contributed by atoms with Gasteiger partial charge in [0.2, 0.25) is 0 Å². The van der Waals surface area contributed by atoms with Gasteiger partial charge < -0.3 is 20.7 Å². The molecule has 3 N–H and O–H groups in total. The molecular formula is C21H30IN5O2S. The SMILES string of the molecule is CCc1cnc(CCNC(=NC)NCc2cccc(NC(=O)C3CCCO3)c2)s1.I. The number of halogens is 1. The number of carbonyl (C=O) groups excluding carboxylic acids is 1. The van der Waals surface area contributed by atoms with E-state index in [1.54, 1.807) is 18.4 Å². The van der Waals surface area contributed by atoms with E-state index in [-0.39, 0.29) is 36.0 Å². The van der Waals surface area contributed by atoms with Crippen LogP contribution < -0.4 is 16.0 Å². The Hall–Kier alpha value is -1.72. The lowest BCUT2D eigenvalue weighted by atomic mass is 10.2. The molecule has 164 valence electrons. The number of nitrogens with zero attached hydrogens (tertiary/aromatic N) is 2. The molecule has 1 atom stereocenters. The molecule has 2 heterocycles. The fraction of sp³-hybridized carbons (Fsp3) is 0.476. The summed E-state index contributed by atoms with van der Waals surface area (Å²) >= 11 is 1.76. The summed E-state index contributed by atoms with van der Waals surface area (Å²) in [5, 5.41) is 10.7. The van der Waals surface area contributed by atoms with Crippen molar-refractivity contribution in [1.82, 2.24) is 15.6 Å². The highest BCUT2D eigenvalue weighted by Crippen LogP contribution is 2.16. The van der Waals surface area contributed by atoms with Crippen LogP contribution in [0, 0.1) is 0 Å². The number of guanidine groups is 1. The maximum atomic E-state index is 12.2. The molecule has 1 aliphatic heterocycles. The molecule has 1 unspecified atom stereocenters. The molecule has 1 aromatic carbocycles. The first kappa shape index (κ1) is 24.5. The molecular weight excluding hydrogens is 513 g/mol. The van der Waals surface area contributed by atoms with Gasteiger partial charge in [-0.15, -0.1) is 35.3 Å². The molecule has 0 aliphatic carbocycles. The molecule has 7 nitrogen and oxygen atoms in total. The van der Waals surface area contributed by atoms with Crippen LogP contribution in [0.15, 0.2) is 35.5 Å². The van der Waals surface area contributed by atoms with E-state index in [4.69, 9.17) is 4.74 Å². The first-order valence-corrected chi connectivity index (χ1v) is 10.9.